The van der Waals surface area contributed by atoms with E-state index in [9.17, 15) is 13.2 Å². The van der Waals surface area contributed by atoms with Gasteiger partial charge in [-0.25, -0.2) is 13.1 Å². The van der Waals surface area contributed by atoms with Crippen LogP contribution in [0.3, 0.4) is 0 Å². The van der Waals surface area contributed by atoms with Crippen molar-refractivity contribution in [3.63, 3.8) is 0 Å². The van der Waals surface area contributed by atoms with Crippen LogP contribution >= 0.6 is 0 Å². The molecule has 0 aliphatic rings. The first-order valence-electron chi connectivity index (χ1n) is 7.62. The van der Waals surface area contributed by atoms with Gasteiger partial charge in [0.05, 0.1) is 10.9 Å². The molecule has 0 aliphatic heterocycles. The van der Waals surface area contributed by atoms with Crippen molar-refractivity contribution in [1.29, 1.82) is 0 Å². The molecule has 1 atom stereocenters. The molecule has 2 rings (SSSR count). The third-order valence-electron chi connectivity index (χ3n) is 3.46. The molecule has 3 N–H and O–H groups in total. The minimum absolute atomic E-state index is 0.0157. The van der Waals surface area contributed by atoms with Crippen molar-refractivity contribution in [2.24, 2.45) is 11.7 Å². The van der Waals surface area contributed by atoms with E-state index in [0.717, 1.165) is 11.1 Å². The van der Waals surface area contributed by atoms with Crippen LogP contribution < -0.4 is 10.5 Å². The van der Waals surface area contributed by atoms with E-state index in [-0.39, 0.29) is 10.8 Å². The summed E-state index contributed by atoms with van der Waals surface area (Å²) in [5.74, 6) is -0.499. The molecule has 0 saturated carbocycles. The standard InChI is InChI=1S/C17H21N3O3S/c1-12(2)10-16(18)17(21)20-24(22,23)15-5-3-4-14(11-15)13-6-8-19-9-7-13/h3-9,11-12,16H,10,18H2,1-2H3,(H,20,21)/t16-/m0/s1. The lowest BCUT2D eigenvalue weighted by Crippen LogP contribution is -2.43. The Morgan fingerprint density at radius 1 is 1.17 bits per heavy atom. The highest BCUT2D eigenvalue weighted by Gasteiger charge is 2.23. The lowest BCUT2D eigenvalue weighted by molar-refractivity contribution is -0.120. The van der Waals surface area contributed by atoms with Gasteiger partial charge in [0.2, 0.25) is 0 Å². The zero-order chi connectivity index (χ0) is 17.7. The van der Waals surface area contributed by atoms with E-state index in [0.29, 0.717) is 6.42 Å². The number of benzene rings is 1. The highest BCUT2D eigenvalue weighted by Crippen LogP contribution is 2.21. The molecule has 1 heterocycles. The fourth-order valence-electron chi connectivity index (χ4n) is 2.27. The molecule has 7 heteroatoms. The fraction of sp³-hybridized carbons (Fsp3) is 0.294. The molecule has 0 saturated heterocycles. The first-order valence-corrected chi connectivity index (χ1v) is 9.10. The summed E-state index contributed by atoms with van der Waals surface area (Å²) >= 11 is 0. The van der Waals surface area contributed by atoms with Gasteiger partial charge in [-0.1, -0.05) is 26.0 Å². The second-order valence-corrected chi connectivity index (χ2v) is 7.65. The number of nitrogens with one attached hydrogen (secondary N) is 1. The van der Waals surface area contributed by atoms with Gasteiger partial charge >= 0.3 is 0 Å². The second kappa shape index (κ2) is 7.55. The normalized spacial score (nSPS) is 12.8. The molecule has 6 nitrogen and oxygen atoms in total. The van der Waals surface area contributed by atoms with Crippen molar-refractivity contribution in [3.8, 4) is 11.1 Å². The van der Waals surface area contributed by atoms with E-state index in [1.807, 2.05) is 13.8 Å². The predicted molar refractivity (Wildman–Crippen MR) is 92.4 cm³/mol. The van der Waals surface area contributed by atoms with Crippen molar-refractivity contribution in [1.82, 2.24) is 9.71 Å². The Labute approximate surface area is 142 Å². The minimum Gasteiger partial charge on any atom is -0.320 e. The van der Waals surface area contributed by atoms with Gasteiger partial charge in [0, 0.05) is 12.4 Å². The number of hydrogen-bond donors (Lipinski definition) is 2. The zero-order valence-corrected chi connectivity index (χ0v) is 14.5. The van der Waals surface area contributed by atoms with Gasteiger partial charge in [-0.3, -0.25) is 9.78 Å². The van der Waals surface area contributed by atoms with Crippen molar-refractivity contribution >= 4 is 15.9 Å². The summed E-state index contributed by atoms with van der Waals surface area (Å²) in [6, 6.07) is 9.07. The quantitative estimate of drug-likeness (QED) is 0.831. The zero-order valence-electron chi connectivity index (χ0n) is 13.6. The molecule has 24 heavy (non-hydrogen) atoms. The highest BCUT2D eigenvalue weighted by atomic mass is 32.2. The number of rotatable bonds is 6. The first kappa shape index (κ1) is 18.1. The summed E-state index contributed by atoms with van der Waals surface area (Å²) in [5.41, 5.74) is 7.30. The van der Waals surface area contributed by atoms with Gasteiger partial charge in [0.25, 0.3) is 15.9 Å². The van der Waals surface area contributed by atoms with E-state index >= 15 is 0 Å². The van der Waals surface area contributed by atoms with Crippen molar-refractivity contribution in [2.45, 2.75) is 31.2 Å². The summed E-state index contributed by atoms with van der Waals surface area (Å²) in [6.45, 7) is 3.83. The predicted octanol–water partition coefficient (Wildman–Crippen LogP) is 1.93. The second-order valence-electron chi connectivity index (χ2n) is 5.97. The molecule has 2 aromatic rings. The van der Waals surface area contributed by atoms with E-state index in [1.54, 1.807) is 36.7 Å². The molecule has 1 aromatic heterocycles. The fourth-order valence-corrected chi connectivity index (χ4v) is 3.34. The molecule has 0 unspecified atom stereocenters. The Kier molecular flexibility index (Phi) is 5.69. The largest absolute Gasteiger partial charge is 0.320 e. The van der Waals surface area contributed by atoms with Crippen LogP contribution in [0.15, 0.2) is 53.7 Å². The van der Waals surface area contributed by atoms with Crippen molar-refractivity contribution in [2.75, 3.05) is 0 Å². The summed E-state index contributed by atoms with van der Waals surface area (Å²) in [6.07, 6.45) is 3.67. The van der Waals surface area contributed by atoms with Gasteiger partial charge in [0.15, 0.2) is 0 Å². The van der Waals surface area contributed by atoms with Crippen LogP contribution in [-0.2, 0) is 14.8 Å². The Morgan fingerprint density at radius 2 is 1.83 bits per heavy atom. The summed E-state index contributed by atoms with van der Waals surface area (Å²) in [5, 5.41) is 0. The Balaban J connectivity index is 2.22. The molecule has 1 amide bonds. The summed E-state index contributed by atoms with van der Waals surface area (Å²) in [4.78, 5) is 15.9. The van der Waals surface area contributed by atoms with Crippen molar-refractivity contribution < 1.29 is 13.2 Å². The molecular weight excluding hydrogens is 326 g/mol. The van der Waals surface area contributed by atoms with Crippen LogP contribution in [0.5, 0.6) is 0 Å². The molecule has 0 fully saturated rings. The number of nitrogens with two attached hydrogens (primary N) is 1. The Bertz CT molecular complexity index is 805. The molecular formula is C17H21N3O3S. The van der Waals surface area contributed by atoms with Crippen LogP contribution in [0.4, 0.5) is 0 Å². The molecule has 0 spiro atoms. The molecule has 128 valence electrons. The topological polar surface area (TPSA) is 102 Å². The molecule has 0 radical (unpaired) electrons. The van der Waals surface area contributed by atoms with E-state index < -0.39 is 22.0 Å². The van der Waals surface area contributed by atoms with E-state index in [2.05, 4.69) is 9.71 Å². The maximum atomic E-state index is 12.4. The number of sulfonamides is 1. The number of aromatic nitrogens is 1. The molecule has 0 aliphatic carbocycles. The first-order chi connectivity index (χ1) is 11.3. The van der Waals surface area contributed by atoms with Gasteiger partial charge < -0.3 is 5.73 Å². The third-order valence-corrected chi connectivity index (χ3v) is 4.80. The summed E-state index contributed by atoms with van der Waals surface area (Å²) < 4.78 is 26.9. The lowest BCUT2D eigenvalue weighted by atomic mass is 10.0. The smallest absolute Gasteiger partial charge is 0.264 e. The molecule has 1 aromatic carbocycles. The van der Waals surface area contributed by atoms with Crippen molar-refractivity contribution in [3.05, 3.63) is 48.8 Å². The highest BCUT2D eigenvalue weighted by molar-refractivity contribution is 7.90. The van der Waals surface area contributed by atoms with Gasteiger partial charge in [-0.15, -0.1) is 0 Å². The number of amides is 1. The van der Waals surface area contributed by atoms with Gasteiger partial charge in [0.1, 0.15) is 0 Å². The number of carbonyl (C=O) groups is 1. The maximum absolute atomic E-state index is 12.4. The maximum Gasteiger partial charge on any atom is 0.264 e. The van der Waals surface area contributed by atoms with Gasteiger partial charge in [-0.05, 0) is 47.7 Å². The summed E-state index contributed by atoms with van der Waals surface area (Å²) in [7, 11) is -3.97. The number of nitrogens with zero attached hydrogens (tertiary/aromatic N) is 1. The monoisotopic (exact) mass is 347 g/mol. The van der Waals surface area contributed by atoms with Crippen LogP contribution in [-0.4, -0.2) is 25.4 Å². The Hall–Kier alpha value is -2.25. The number of carbonyl (C=O) groups excluding carboxylic acids is 1. The van der Waals surface area contributed by atoms with Crippen LogP contribution in [0.1, 0.15) is 20.3 Å². The average molecular weight is 347 g/mol. The number of hydrogen-bond acceptors (Lipinski definition) is 5. The number of pyridine rings is 1. The lowest BCUT2D eigenvalue weighted by Gasteiger charge is -2.14. The van der Waals surface area contributed by atoms with E-state index in [4.69, 9.17) is 5.73 Å². The van der Waals surface area contributed by atoms with Crippen LogP contribution in [0, 0.1) is 5.92 Å². The Morgan fingerprint density at radius 3 is 2.46 bits per heavy atom. The van der Waals surface area contributed by atoms with Crippen LogP contribution in [0.25, 0.3) is 11.1 Å². The third kappa shape index (κ3) is 4.62. The molecule has 0 bridgehead atoms. The van der Waals surface area contributed by atoms with Gasteiger partial charge in [-0.2, -0.15) is 0 Å². The van der Waals surface area contributed by atoms with E-state index in [1.165, 1.54) is 12.1 Å². The minimum atomic E-state index is -3.97. The SMILES string of the molecule is CC(C)C[C@H](N)C(=O)NS(=O)(=O)c1cccc(-c2ccncc2)c1. The average Bonchev–Trinajstić information content (AvgIpc) is 2.55. The van der Waals surface area contributed by atoms with Crippen LogP contribution in [0.2, 0.25) is 0 Å².